The molecule has 1 aliphatic carbocycles. The van der Waals surface area contributed by atoms with Crippen LogP contribution in [0.4, 0.5) is 0 Å². The van der Waals surface area contributed by atoms with Gasteiger partial charge in [0.05, 0.1) is 5.25 Å². The molecule has 1 aliphatic rings. The van der Waals surface area contributed by atoms with Crippen molar-refractivity contribution in [1.29, 1.82) is 0 Å². The van der Waals surface area contributed by atoms with Gasteiger partial charge in [-0.3, -0.25) is 4.79 Å². The number of aliphatic carboxylic acids is 1. The average Bonchev–Trinajstić information content (AvgIpc) is 2.95. The third-order valence-electron chi connectivity index (χ3n) is 2.65. The highest BCUT2D eigenvalue weighted by Gasteiger charge is 2.42. The van der Waals surface area contributed by atoms with Gasteiger partial charge in [-0.2, -0.15) is 4.31 Å². The Kier molecular flexibility index (Phi) is 3.72. The van der Waals surface area contributed by atoms with E-state index < -0.39 is 22.5 Å². The quantitative estimate of drug-likeness (QED) is 0.734. The second-order valence-corrected chi connectivity index (χ2v) is 6.11. The fourth-order valence-electron chi connectivity index (χ4n) is 1.39. The van der Waals surface area contributed by atoms with Crippen molar-refractivity contribution < 1.29 is 18.3 Å². The van der Waals surface area contributed by atoms with Gasteiger partial charge in [-0.15, -0.1) is 0 Å². The van der Waals surface area contributed by atoms with Crippen LogP contribution in [0, 0.1) is 0 Å². The lowest BCUT2D eigenvalue weighted by molar-refractivity contribution is -0.137. The molecular formula is C9H17NO4S. The summed E-state index contributed by atoms with van der Waals surface area (Å²) in [4.78, 5) is 10.6. The molecule has 1 saturated carbocycles. The van der Waals surface area contributed by atoms with Gasteiger partial charge in [0, 0.05) is 6.04 Å². The SMILES string of the molecule is CCC(C)N(CC(=O)O)S(=O)(=O)C1CC1. The van der Waals surface area contributed by atoms with Crippen LogP contribution in [0.2, 0.25) is 0 Å². The van der Waals surface area contributed by atoms with Crippen molar-refractivity contribution in [3.05, 3.63) is 0 Å². The van der Waals surface area contributed by atoms with E-state index in [9.17, 15) is 13.2 Å². The molecule has 0 bridgehead atoms. The number of carboxylic acids is 1. The van der Waals surface area contributed by atoms with E-state index in [2.05, 4.69) is 0 Å². The second-order valence-electron chi connectivity index (χ2n) is 3.94. The van der Waals surface area contributed by atoms with Gasteiger partial charge in [-0.1, -0.05) is 6.92 Å². The summed E-state index contributed by atoms with van der Waals surface area (Å²) in [5, 5.41) is 8.35. The molecule has 88 valence electrons. The molecule has 0 radical (unpaired) electrons. The summed E-state index contributed by atoms with van der Waals surface area (Å²) in [6.07, 6.45) is 1.95. The molecule has 6 heteroatoms. The van der Waals surface area contributed by atoms with Gasteiger partial charge in [-0.05, 0) is 26.2 Å². The first kappa shape index (κ1) is 12.4. The first-order valence-electron chi connectivity index (χ1n) is 5.12. The zero-order chi connectivity index (χ0) is 11.6. The van der Waals surface area contributed by atoms with Crippen molar-refractivity contribution in [2.24, 2.45) is 0 Å². The maximum absolute atomic E-state index is 11.9. The molecule has 1 rings (SSSR count). The molecule has 5 nitrogen and oxygen atoms in total. The van der Waals surface area contributed by atoms with Gasteiger partial charge < -0.3 is 5.11 Å². The first-order valence-corrected chi connectivity index (χ1v) is 6.62. The van der Waals surface area contributed by atoms with Crippen LogP contribution in [0.3, 0.4) is 0 Å². The molecule has 1 fully saturated rings. The van der Waals surface area contributed by atoms with Crippen molar-refractivity contribution in [1.82, 2.24) is 4.31 Å². The summed E-state index contributed by atoms with van der Waals surface area (Å²) in [5.41, 5.74) is 0. The van der Waals surface area contributed by atoms with Gasteiger partial charge in [0.25, 0.3) is 0 Å². The number of rotatable bonds is 6. The third-order valence-corrected chi connectivity index (χ3v) is 5.10. The zero-order valence-corrected chi connectivity index (χ0v) is 9.83. The minimum absolute atomic E-state index is 0.244. The molecule has 0 heterocycles. The van der Waals surface area contributed by atoms with Crippen molar-refractivity contribution in [2.45, 2.75) is 44.4 Å². The summed E-state index contributed by atoms with van der Waals surface area (Å²) in [6, 6.07) is -0.244. The Morgan fingerprint density at radius 3 is 2.40 bits per heavy atom. The lowest BCUT2D eigenvalue weighted by Gasteiger charge is -2.25. The van der Waals surface area contributed by atoms with Crippen LogP contribution in [0.25, 0.3) is 0 Å². The first-order chi connectivity index (χ1) is 6.89. The van der Waals surface area contributed by atoms with Gasteiger partial charge in [0.15, 0.2) is 0 Å². The predicted octanol–water partition coefficient (Wildman–Crippen LogP) is 0.664. The summed E-state index contributed by atoms with van der Waals surface area (Å²) in [7, 11) is -3.38. The number of carbonyl (C=O) groups is 1. The fourth-order valence-corrected chi connectivity index (χ4v) is 3.45. The molecule has 1 atom stereocenters. The van der Waals surface area contributed by atoms with E-state index >= 15 is 0 Å². The van der Waals surface area contributed by atoms with E-state index in [1.807, 2.05) is 6.92 Å². The normalized spacial score (nSPS) is 19.1. The average molecular weight is 235 g/mol. The Hall–Kier alpha value is -0.620. The number of hydrogen-bond acceptors (Lipinski definition) is 3. The largest absolute Gasteiger partial charge is 0.480 e. The minimum atomic E-state index is -3.38. The smallest absolute Gasteiger partial charge is 0.318 e. The van der Waals surface area contributed by atoms with E-state index in [0.29, 0.717) is 19.3 Å². The van der Waals surface area contributed by atoms with Crippen LogP contribution < -0.4 is 0 Å². The van der Waals surface area contributed by atoms with E-state index in [-0.39, 0.29) is 11.3 Å². The monoisotopic (exact) mass is 235 g/mol. The Bertz CT molecular complexity index is 334. The molecule has 0 aliphatic heterocycles. The molecular weight excluding hydrogens is 218 g/mol. The van der Waals surface area contributed by atoms with Crippen LogP contribution in [0.5, 0.6) is 0 Å². The van der Waals surface area contributed by atoms with Crippen molar-refractivity contribution in [3.8, 4) is 0 Å². The second kappa shape index (κ2) is 4.49. The standard InChI is InChI=1S/C9H17NO4S/c1-3-7(2)10(6-9(11)12)15(13,14)8-4-5-8/h7-8H,3-6H2,1-2H3,(H,11,12). The third kappa shape index (κ3) is 2.92. The fraction of sp³-hybridized carbons (Fsp3) is 0.889. The maximum Gasteiger partial charge on any atom is 0.318 e. The van der Waals surface area contributed by atoms with Crippen molar-refractivity contribution in [2.75, 3.05) is 6.54 Å². The molecule has 0 spiro atoms. The molecule has 0 aromatic carbocycles. The molecule has 0 aromatic heterocycles. The van der Waals surface area contributed by atoms with E-state index in [1.54, 1.807) is 6.92 Å². The topological polar surface area (TPSA) is 74.7 Å². The Morgan fingerprint density at radius 2 is 2.07 bits per heavy atom. The highest BCUT2D eigenvalue weighted by molar-refractivity contribution is 7.90. The van der Waals surface area contributed by atoms with Crippen molar-refractivity contribution >= 4 is 16.0 Å². The molecule has 15 heavy (non-hydrogen) atoms. The van der Waals surface area contributed by atoms with Gasteiger partial charge in [0.2, 0.25) is 10.0 Å². The predicted molar refractivity (Wildman–Crippen MR) is 56.0 cm³/mol. The number of hydrogen-bond donors (Lipinski definition) is 1. The summed E-state index contributed by atoms with van der Waals surface area (Å²) >= 11 is 0. The van der Waals surface area contributed by atoms with Crippen molar-refractivity contribution in [3.63, 3.8) is 0 Å². The number of nitrogens with zero attached hydrogens (tertiary/aromatic N) is 1. The highest BCUT2D eigenvalue weighted by atomic mass is 32.2. The highest BCUT2D eigenvalue weighted by Crippen LogP contribution is 2.32. The minimum Gasteiger partial charge on any atom is -0.480 e. The number of carboxylic acid groups (broad SMARTS) is 1. The molecule has 0 amide bonds. The zero-order valence-electron chi connectivity index (χ0n) is 9.01. The van der Waals surface area contributed by atoms with Crippen LogP contribution in [0.1, 0.15) is 33.1 Å². The lowest BCUT2D eigenvalue weighted by Crippen LogP contribution is -2.43. The molecule has 0 saturated heterocycles. The van der Waals surface area contributed by atoms with E-state index in [1.165, 1.54) is 0 Å². The molecule has 1 unspecified atom stereocenters. The van der Waals surface area contributed by atoms with Crippen LogP contribution >= 0.6 is 0 Å². The van der Waals surface area contributed by atoms with E-state index in [0.717, 1.165) is 4.31 Å². The summed E-state index contributed by atoms with van der Waals surface area (Å²) in [5.74, 6) is -1.10. The Morgan fingerprint density at radius 1 is 1.53 bits per heavy atom. The Labute approximate surface area is 90.1 Å². The lowest BCUT2D eigenvalue weighted by atomic mass is 10.2. The number of sulfonamides is 1. The summed E-state index contributed by atoms with van der Waals surface area (Å²) < 4.78 is 24.9. The van der Waals surface area contributed by atoms with Gasteiger partial charge >= 0.3 is 5.97 Å². The van der Waals surface area contributed by atoms with Crippen LogP contribution in [0.15, 0.2) is 0 Å². The Balaban J connectivity index is 2.84. The van der Waals surface area contributed by atoms with Gasteiger partial charge in [-0.25, -0.2) is 8.42 Å². The van der Waals surface area contributed by atoms with E-state index in [4.69, 9.17) is 5.11 Å². The van der Waals surface area contributed by atoms with Crippen LogP contribution in [-0.2, 0) is 14.8 Å². The van der Waals surface area contributed by atoms with Gasteiger partial charge in [0.1, 0.15) is 6.54 Å². The van der Waals surface area contributed by atoms with Crippen LogP contribution in [-0.4, -0.2) is 41.6 Å². The molecule has 0 aromatic rings. The summed E-state index contributed by atoms with van der Waals surface area (Å²) in [6.45, 7) is 3.17. The molecule has 1 N–H and O–H groups in total. The maximum atomic E-state index is 11.9.